The number of benzene rings is 1. The van der Waals surface area contributed by atoms with Gasteiger partial charge in [-0.15, -0.1) is 0 Å². The van der Waals surface area contributed by atoms with Crippen molar-refractivity contribution in [3.05, 3.63) is 35.7 Å². The number of rotatable bonds is 2. The van der Waals surface area contributed by atoms with Crippen LogP contribution in [0.4, 0.5) is 0 Å². The molecule has 3 rings (SSSR count). The van der Waals surface area contributed by atoms with Crippen molar-refractivity contribution in [3.63, 3.8) is 0 Å². The Kier molecular flexibility index (Phi) is 2.38. The monoisotopic (exact) mass is 257 g/mol. The van der Waals surface area contributed by atoms with Crippen molar-refractivity contribution in [1.82, 2.24) is 14.0 Å². The molecule has 0 bridgehead atoms. The van der Waals surface area contributed by atoms with Crippen LogP contribution in [0.1, 0.15) is 35.8 Å². The topological polar surface area (TPSA) is 59.5 Å². The third kappa shape index (κ3) is 1.62. The number of carboxylic acids is 1. The van der Waals surface area contributed by atoms with Gasteiger partial charge in [-0.05, 0) is 23.6 Å². The second-order valence-electron chi connectivity index (χ2n) is 5.06. The molecule has 0 radical (unpaired) electrons. The van der Waals surface area contributed by atoms with E-state index >= 15 is 0 Å². The Balaban J connectivity index is 2.36. The molecule has 0 amide bonds. The first kappa shape index (κ1) is 11.8. The van der Waals surface area contributed by atoms with E-state index < -0.39 is 5.97 Å². The number of aromatic carboxylic acids is 1. The van der Waals surface area contributed by atoms with Crippen LogP contribution in [-0.2, 0) is 7.05 Å². The molecule has 2 aromatic heterocycles. The maximum atomic E-state index is 11.1. The van der Waals surface area contributed by atoms with Crippen molar-refractivity contribution < 1.29 is 9.90 Å². The van der Waals surface area contributed by atoms with Gasteiger partial charge in [0.25, 0.3) is 0 Å². The second-order valence-corrected chi connectivity index (χ2v) is 5.06. The first-order chi connectivity index (χ1) is 8.99. The van der Waals surface area contributed by atoms with E-state index in [2.05, 4.69) is 31.0 Å². The molecule has 0 spiro atoms. The van der Waals surface area contributed by atoms with Crippen molar-refractivity contribution in [2.24, 2.45) is 7.05 Å². The number of imidazole rings is 2. The average Bonchev–Trinajstić information content (AvgIpc) is 2.86. The minimum atomic E-state index is -0.943. The Hall–Kier alpha value is -2.30. The Morgan fingerprint density at radius 3 is 2.74 bits per heavy atom. The standard InChI is InChI=1S/C14H15N3O2/c1-8(2)9-4-5-10-11(6-9)17-7-12(13(18)19)16(3)14(17)15-10/h4-8H,1-3H3,(H,18,19). The third-order valence-corrected chi connectivity index (χ3v) is 3.49. The smallest absolute Gasteiger partial charge is 0.354 e. The Morgan fingerprint density at radius 1 is 1.37 bits per heavy atom. The molecule has 5 heteroatoms. The molecule has 19 heavy (non-hydrogen) atoms. The third-order valence-electron chi connectivity index (χ3n) is 3.49. The van der Waals surface area contributed by atoms with E-state index in [-0.39, 0.29) is 5.69 Å². The minimum Gasteiger partial charge on any atom is -0.477 e. The summed E-state index contributed by atoms with van der Waals surface area (Å²) in [5.41, 5.74) is 3.28. The summed E-state index contributed by atoms with van der Waals surface area (Å²) in [5, 5.41) is 9.14. The number of nitrogens with zero attached hydrogens (tertiary/aromatic N) is 3. The Bertz CT molecular complexity index is 796. The van der Waals surface area contributed by atoms with Crippen LogP contribution in [0.25, 0.3) is 16.8 Å². The quantitative estimate of drug-likeness (QED) is 0.767. The number of hydrogen-bond acceptors (Lipinski definition) is 2. The van der Waals surface area contributed by atoms with E-state index in [1.165, 1.54) is 5.56 Å². The zero-order valence-corrected chi connectivity index (χ0v) is 11.1. The van der Waals surface area contributed by atoms with Crippen molar-refractivity contribution in [2.45, 2.75) is 19.8 Å². The number of hydrogen-bond donors (Lipinski definition) is 1. The number of fused-ring (bicyclic) bond motifs is 3. The largest absolute Gasteiger partial charge is 0.477 e. The molecule has 0 atom stereocenters. The lowest BCUT2D eigenvalue weighted by Crippen LogP contribution is -2.03. The minimum absolute atomic E-state index is 0.236. The normalized spacial score (nSPS) is 11.8. The van der Waals surface area contributed by atoms with Gasteiger partial charge >= 0.3 is 5.97 Å². The highest BCUT2D eigenvalue weighted by Gasteiger charge is 2.16. The fourth-order valence-electron chi connectivity index (χ4n) is 2.34. The van der Waals surface area contributed by atoms with Gasteiger partial charge in [-0.2, -0.15) is 0 Å². The van der Waals surface area contributed by atoms with Gasteiger partial charge in [-0.25, -0.2) is 9.78 Å². The number of carbonyl (C=O) groups is 1. The highest BCUT2D eigenvalue weighted by atomic mass is 16.4. The average molecular weight is 257 g/mol. The van der Waals surface area contributed by atoms with Crippen LogP contribution in [0.5, 0.6) is 0 Å². The Labute approximate surface area is 110 Å². The molecule has 0 aliphatic rings. The van der Waals surface area contributed by atoms with Crippen LogP contribution in [0, 0.1) is 0 Å². The molecule has 0 fully saturated rings. The number of carboxylic acid groups (broad SMARTS) is 1. The highest BCUT2D eigenvalue weighted by Crippen LogP contribution is 2.23. The SMILES string of the molecule is CC(C)c1ccc2nc3n(C)c(C(=O)O)cn3c2c1. The van der Waals surface area contributed by atoms with Gasteiger partial charge in [0, 0.05) is 13.2 Å². The summed E-state index contributed by atoms with van der Waals surface area (Å²) in [6.45, 7) is 4.26. The summed E-state index contributed by atoms with van der Waals surface area (Å²) < 4.78 is 3.43. The lowest BCUT2D eigenvalue weighted by molar-refractivity contribution is 0.0687. The molecule has 3 aromatic rings. The predicted molar refractivity (Wildman–Crippen MR) is 72.7 cm³/mol. The van der Waals surface area contributed by atoms with Crippen LogP contribution in [0.3, 0.4) is 0 Å². The molecule has 0 saturated heterocycles. The molecule has 2 heterocycles. The molecular weight excluding hydrogens is 242 g/mol. The van der Waals surface area contributed by atoms with Gasteiger partial charge in [0.2, 0.25) is 5.78 Å². The van der Waals surface area contributed by atoms with Gasteiger partial charge in [0.05, 0.1) is 11.0 Å². The molecule has 0 aliphatic carbocycles. The van der Waals surface area contributed by atoms with E-state index in [4.69, 9.17) is 5.11 Å². The van der Waals surface area contributed by atoms with Gasteiger partial charge < -0.3 is 9.67 Å². The zero-order chi connectivity index (χ0) is 13.7. The first-order valence-corrected chi connectivity index (χ1v) is 6.19. The number of aromatic nitrogens is 3. The van der Waals surface area contributed by atoms with Crippen LogP contribution in [0.15, 0.2) is 24.4 Å². The summed E-state index contributed by atoms with van der Waals surface area (Å²) in [4.78, 5) is 15.6. The van der Waals surface area contributed by atoms with Crippen molar-refractivity contribution in [3.8, 4) is 0 Å². The van der Waals surface area contributed by atoms with E-state index in [0.29, 0.717) is 11.7 Å². The lowest BCUT2D eigenvalue weighted by atomic mass is 10.0. The van der Waals surface area contributed by atoms with Crippen LogP contribution < -0.4 is 0 Å². The van der Waals surface area contributed by atoms with Crippen molar-refractivity contribution in [2.75, 3.05) is 0 Å². The van der Waals surface area contributed by atoms with Crippen LogP contribution >= 0.6 is 0 Å². The zero-order valence-electron chi connectivity index (χ0n) is 11.1. The van der Waals surface area contributed by atoms with E-state index in [1.54, 1.807) is 17.8 Å². The summed E-state index contributed by atoms with van der Waals surface area (Å²) in [5.74, 6) is 0.132. The molecular formula is C14H15N3O2. The number of aryl methyl sites for hydroxylation is 1. The van der Waals surface area contributed by atoms with Gasteiger partial charge in [0.15, 0.2) is 0 Å². The van der Waals surface area contributed by atoms with Gasteiger partial charge in [-0.3, -0.25) is 4.40 Å². The summed E-state index contributed by atoms with van der Waals surface area (Å²) in [7, 11) is 1.72. The van der Waals surface area contributed by atoms with E-state index in [1.807, 2.05) is 10.5 Å². The second kappa shape index (κ2) is 3.85. The predicted octanol–water partition coefficient (Wildman–Crippen LogP) is 2.65. The van der Waals surface area contributed by atoms with Crippen LogP contribution in [-0.4, -0.2) is 25.0 Å². The molecule has 5 nitrogen and oxygen atoms in total. The molecule has 1 aromatic carbocycles. The van der Waals surface area contributed by atoms with Gasteiger partial charge in [0.1, 0.15) is 5.69 Å². The van der Waals surface area contributed by atoms with Crippen molar-refractivity contribution >= 4 is 22.8 Å². The van der Waals surface area contributed by atoms with E-state index in [9.17, 15) is 4.79 Å². The maximum absolute atomic E-state index is 11.1. The van der Waals surface area contributed by atoms with Crippen molar-refractivity contribution in [1.29, 1.82) is 0 Å². The molecule has 0 unspecified atom stereocenters. The Morgan fingerprint density at radius 2 is 2.11 bits per heavy atom. The van der Waals surface area contributed by atoms with E-state index in [0.717, 1.165) is 11.0 Å². The molecule has 0 aliphatic heterocycles. The molecule has 1 N–H and O–H groups in total. The van der Waals surface area contributed by atoms with Gasteiger partial charge in [-0.1, -0.05) is 19.9 Å². The van der Waals surface area contributed by atoms with Crippen LogP contribution in [0.2, 0.25) is 0 Å². The summed E-state index contributed by atoms with van der Waals surface area (Å²) in [6, 6.07) is 6.13. The fourth-order valence-corrected chi connectivity index (χ4v) is 2.34. The summed E-state index contributed by atoms with van der Waals surface area (Å²) in [6.07, 6.45) is 1.62. The maximum Gasteiger partial charge on any atom is 0.354 e. The molecule has 98 valence electrons. The molecule has 0 saturated carbocycles. The summed E-state index contributed by atoms with van der Waals surface area (Å²) >= 11 is 0. The first-order valence-electron chi connectivity index (χ1n) is 6.19. The fraction of sp³-hybridized carbons (Fsp3) is 0.286. The lowest BCUT2D eigenvalue weighted by Gasteiger charge is -2.04. The highest BCUT2D eigenvalue weighted by molar-refractivity contribution is 5.88.